The highest BCUT2D eigenvalue weighted by atomic mass is 16.5. The minimum Gasteiger partial charge on any atom is -0.497 e. The minimum atomic E-state index is 0.114. The van der Waals surface area contributed by atoms with Crippen molar-refractivity contribution in [1.29, 1.82) is 0 Å². The first-order chi connectivity index (χ1) is 11.8. The van der Waals surface area contributed by atoms with Crippen LogP contribution in [0.5, 0.6) is 5.75 Å². The van der Waals surface area contributed by atoms with Crippen molar-refractivity contribution in [3.8, 4) is 5.75 Å². The van der Waals surface area contributed by atoms with Gasteiger partial charge < -0.3 is 9.64 Å². The number of piperazine rings is 1. The fraction of sp³-hybridized carbons (Fsp3) is 0.550. The van der Waals surface area contributed by atoms with E-state index < -0.39 is 0 Å². The van der Waals surface area contributed by atoms with Crippen molar-refractivity contribution in [2.24, 2.45) is 0 Å². The predicted octanol–water partition coefficient (Wildman–Crippen LogP) is 3.34. The second kappa shape index (κ2) is 8.34. The van der Waals surface area contributed by atoms with Crippen molar-refractivity contribution in [2.45, 2.75) is 32.1 Å². The molecule has 0 saturated carbocycles. The first kappa shape index (κ1) is 17.0. The van der Waals surface area contributed by atoms with E-state index in [1.165, 1.54) is 32.1 Å². The number of carbonyl (C=O) groups excluding carboxylic acids is 1. The Bertz CT molecular complexity index is 589. The molecule has 0 radical (unpaired) electrons. The molecule has 0 aromatic heterocycles. The molecule has 0 N–H and O–H groups in total. The quantitative estimate of drug-likeness (QED) is 0.777. The first-order valence-electron chi connectivity index (χ1n) is 9.10. The van der Waals surface area contributed by atoms with Gasteiger partial charge in [-0.05, 0) is 50.3 Å². The summed E-state index contributed by atoms with van der Waals surface area (Å²) < 4.78 is 5.21. The molecule has 0 spiro atoms. The normalized spacial score (nSPS) is 19.0. The Morgan fingerprint density at radius 2 is 2.00 bits per heavy atom. The van der Waals surface area contributed by atoms with E-state index >= 15 is 0 Å². The van der Waals surface area contributed by atoms with Crippen molar-refractivity contribution >= 4 is 5.91 Å². The van der Waals surface area contributed by atoms with Crippen molar-refractivity contribution in [3.05, 3.63) is 41.5 Å². The van der Waals surface area contributed by atoms with Crippen LogP contribution in [0.2, 0.25) is 0 Å². The molecule has 4 heteroatoms. The monoisotopic (exact) mass is 328 g/mol. The third-order valence-corrected chi connectivity index (χ3v) is 5.11. The standard InChI is InChI=1S/C20H28N2O2/c1-24-19-9-5-8-18(16-19)20(23)22-14-12-21(13-15-22)11-10-17-6-3-2-4-7-17/h5-6,8-9,16H,2-4,7,10-15H2,1H3. The summed E-state index contributed by atoms with van der Waals surface area (Å²) in [6.45, 7) is 4.71. The minimum absolute atomic E-state index is 0.114. The van der Waals surface area contributed by atoms with Crippen LogP contribution in [0, 0.1) is 0 Å². The number of carbonyl (C=O) groups is 1. The lowest BCUT2D eigenvalue weighted by atomic mass is 9.97. The molecule has 0 bridgehead atoms. The lowest BCUT2D eigenvalue weighted by Crippen LogP contribution is -2.48. The van der Waals surface area contributed by atoms with Gasteiger partial charge in [-0.3, -0.25) is 9.69 Å². The summed E-state index contributed by atoms with van der Waals surface area (Å²) in [5, 5.41) is 0. The molecule has 0 atom stereocenters. The summed E-state index contributed by atoms with van der Waals surface area (Å²) in [5.41, 5.74) is 2.35. The van der Waals surface area contributed by atoms with Gasteiger partial charge in [0.15, 0.2) is 0 Å². The van der Waals surface area contributed by atoms with Gasteiger partial charge in [-0.1, -0.05) is 17.7 Å². The van der Waals surface area contributed by atoms with Crippen LogP contribution in [0.25, 0.3) is 0 Å². The van der Waals surface area contributed by atoms with Gasteiger partial charge in [-0.25, -0.2) is 0 Å². The molecule has 130 valence electrons. The van der Waals surface area contributed by atoms with Crippen LogP contribution < -0.4 is 4.74 Å². The van der Waals surface area contributed by atoms with Crippen LogP contribution in [-0.2, 0) is 0 Å². The molecule has 3 rings (SSSR count). The highest BCUT2D eigenvalue weighted by Crippen LogP contribution is 2.21. The number of benzene rings is 1. The molecule has 1 aliphatic carbocycles. The average molecular weight is 328 g/mol. The fourth-order valence-electron chi connectivity index (χ4n) is 3.55. The average Bonchev–Trinajstić information content (AvgIpc) is 2.67. The molecule has 1 amide bonds. The second-order valence-electron chi connectivity index (χ2n) is 6.72. The van der Waals surface area contributed by atoms with Crippen molar-refractivity contribution in [3.63, 3.8) is 0 Å². The lowest BCUT2D eigenvalue weighted by molar-refractivity contribution is 0.0638. The molecule has 4 nitrogen and oxygen atoms in total. The summed E-state index contributed by atoms with van der Waals surface area (Å²) in [4.78, 5) is 17.1. The Balaban J connectivity index is 1.47. The number of methoxy groups -OCH3 is 1. The van der Waals surface area contributed by atoms with Crippen LogP contribution >= 0.6 is 0 Å². The third kappa shape index (κ3) is 4.38. The molecule has 1 aliphatic heterocycles. The van der Waals surface area contributed by atoms with Crippen LogP contribution in [0.3, 0.4) is 0 Å². The number of nitrogens with zero attached hydrogens (tertiary/aromatic N) is 2. The van der Waals surface area contributed by atoms with E-state index in [0.29, 0.717) is 0 Å². The first-order valence-corrected chi connectivity index (χ1v) is 9.10. The zero-order chi connectivity index (χ0) is 16.8. The summed E-state index contributed by atoms with van der Waals surface area (Å²) >= 11 is 0. The summed E-state index contributed by atoms with van der Waals surface area (Å²) in [7, 11) is 1.63. The lowest BCUT2D eigenvalue weighted by Gasteiger charge is -2.35. The smallest absolute Gasteiger partial charge is 0.254 e. The van der Waals surface area contributed by atoms with E-state index in [1.54, 1.807) is 12.7 Å². The number of hydrogen-bond acceptors (Lipinski definition) is 3. The Morgan fingerprint density at radius 3 is 2.71 bits per heavy atom. The van der Waals surface area contributed by atoms with Crippen molar-refractivity contribution in [2.75, 3.05) is 39.8 Å². The molecule has 2 aliphatic rings. The molecular weight excluding hydrogens is 300 g/mol. The maximum absolute atomic E-state index is 12.6. The van der Waals surface area contributed by atoms with E-state index in [-0.39, 0.29) is 5.91 Å². The zero-order valence-electron chi connectivity index (χ0n) is 14.7. The van der Waals surface area contributed by atoms with Crippen LogP contribution in [-0.4, -0.2) is 55.5 Å². The molecule has 1 aromatic rings. The van der Waals surface area contributed by atoms with Crippen molar-refractivity contribution < 1.29 is 9.53 Å². The van der Waals surface area contributed by atoms with Crippen molar-refractivity contribution in [1.82, 2.24) is 9.80 Å². The molecule has 1 heterocycles. The SMILES string of the molecule is COc1cccc(C(=O)N2CCN(CCC3=CCCCC3)CC2)c1. The van der Waals surface area contributed by atoms with Gasteiger partial charge in [-0.2, -0.15) is 0 Å². The van der Waals surface area contributed by atoms with Gasteiger partial charge in [0.1, 0.15) is 5.75 Å². The van der Waals surface area contributed by atoms with Gasteiger partial charge >= 0.3 is 0 Å². The number of ether oxygens (including phenoxy) is 1. The molecule has 24 heavy (non-hydrogen) atoms. The van der Waals surface area contributed by atoms with E-state index in [4.69, 9.17) is 4.74 Å². The second-order valence-corrected chi connectivity index (χ2v) is 6.72. The summed E-state index contributed by atoms with van der Waals surface area (Å²) in [6, 6.07) is 7.44. The maximum atomic E-state index is 12.6. The number of rotatable bonds is 5. The Morgan fingerprint density at radius 1 is 1.17 bits per heavy atom. The van der Waals surface area contributed by atoms with Crippen LogP contribution in [0.15, 0.2) is 35.9 Å². The highest BCUT2D eigenvalue weighted by molar-refractivity contribution is 5.94. The Hall–Kier alpha value is -1.81. The van der Waals surface area contributed by atoms with Gasteiger partial charge in [0, 0.05) is 38.3 Å². The van der Waals surface area contributed by atoms with Gasteiger partial charge in [0.2, 0.25) is 0 Å². The van der Waals surface area contributed by atoms with Crippen LogP contribution in [0.1, 0.15) is 42.5 Å². The van der Waals surface area contributed by atoms with E-state index in [0.717, 1.165) is 44.0 Å². The molecule has 1 aromatic carbocycles. The predicted molar refractivity (Wildman–Crippen MR) is 96.5 cm³/mol. The largest absolute Gasteiger partial charge is 0.497 e. The zero-order valence-corrected chi connectivity index (χ0v) is 14.7. The maximum Gasteiger partial charge on any atom is 0.254 e. The molecule has 1 saturated heterocycles. The number of allylic oxidation sites excluding steroid dienone is 1. The van der Waals surface area contributed by atoms with E-state index in [9.17, 15) is 4.79 Å². The number of hydrogen-bond donors (Lipinski definition) is 0. The molecule has 1 fully saturated rings. The Labute approximate surface area is 145 Å². The number of amides is 1. The summed E-state index contributed by atoms with van der Waals surface area (Å²) in [6.07, 6.45) is 8.89. The van der Waals surface area contributed by atoms with E-state index in [1.807, 2.05) is 29.2 Å². The van der Waals surface area contributed by atoms with Crippen LogP contribution in [0.4, 0.5) is 0 Å². The third-order valence-electron chi connectivity index (χ3n) is 5.11. The highest BCUT2D eigenvalue weighted by Gasteiger charge is 2.22. The van der Waals surface area contributed by atoms with Gasteiger partial charge in [0.05, 0.1) is 7.11 Å². The molecule has 0 unspecified atom stereocenters. The van der Waals surface area contributed by atoms with Gasteiger partial charge in [0.25, 0.3) is 5.91 Å². The summed E-state index contributed by atoms with van der Waals surface area (Å²) in [5.74, 6) is 0.851. The van der Waals surface area contributed by atoms with Gasteiger partial charge in [-0.15, -0.1) is 0 Å². The van der Waals surface area contributed by atoms with E-state index in [2.05, 4.69) is 11.0 Å². The molecular formula is C20H28N2O2. The Kier molecular flexibility index (Phi) is 5.91. The topological polar surface area (TPSA) is 32.8 Å². The fourth-order valence-corrected chi connectivity index (χ4v) is 3.55.